The van der Waals surface area contributed by atoms with Gasteiger partial charge < -0.3 is 26.3 Å². The van der Waals surface area contributed by atoms with Gasteiger partial charge in [-0.2, -0.15) is 10.1 Å². The number of aliphatic imine (C=N–C) groups is 2. The van der Waals surface area contributed by atoms with E-state index in [-0.39, 0.29) is 6.02 Å². The number of benzene rings is 3. The number of hydrogen-bond donors (Lipinski definition) is 3. The molecule has 0 radical (unpaired) electrons. The van der Waals surface area contributed by atoms with E-state index in [9.17, 15) is 0 Å². The maximum atomic E-state index is 5.94. The highest BCUT2D eigenvalue weighted by Crippen LogP contribution is 2.18. The van der Waals surface area contributed by atoms with Crippen LogP contribution in [0.25, 0.3) is 11.4 Å². The molecule has 5 aromatic rings. The number of nitrogens with one attached hydrogen (secondary N) is 1. The predicted molar refractivity (Wildman–Crippen MR) is 157 cm³/mol. The van der Waals surface area contributed by atoms with Crippen LogP contribution in [0.3, 0.4) is 0 Å². The van der Waals surface area contributed by atoms with Crippen LogP contribution < -0.4 is 21.5 Å². The Morgan fingerprint density at radius 3 is 2.02 bits per heavy atom. The lowest BCUT2D eigenvalue weighted by Crippen LogP contribution is -2.23. The molecule has 11 nitrogen and oxygen atoms in total. The van der Waals surface area contributed by atoms with E-state index in [1.54, 1.807) is 22.5 Å². The van der Waals surface area contributed by atoms with Gasteiger partial charge in [0.2, 0.25) is 0 Å². The van der Waals surface area contributed by atoms with Crippen molar-refractivity contribution in [3.05, 3.63) is 115 Å². The Hall–Kier alpha value is -5.58. The molecule has 0 fully saturated rings. The summed E-state index contributed by atoms with van der Waals surface area (Å²) < 4.78 is 13.5. The first-order chi connectivity index (χ1) is 19.6. The third-order valence-electron chi connectivity index (χ3n) is 5.51. The van der Waals surface area contributed by atoms with Crippen molar-refractivity contribution in [2.45, 2.75) is 6.54 Å². The summed E-state index contributed by atoms with van der Waals surface area (Å²) in [6, 6.07) is 31.1. The van der Waals surface area contributed by atoms with Crippen molar-refractivity contribution in [1.82, 2.24) is 19.6 Å². The van der Waals surface area contributed by atoms with Crippen LogP contribution >= 0.6 is 0 Å². The van der Waals surface area contributed by atoms with Crippen molar-refractivity contribution < 1.29 is 9.47 Å². The van der Waals surface area contributed by atoms with Crippen molar-refractivity contribution >= 4 is 23.6 Å². The van der Waals surface area contributed by atoms with E-state index in [4.69, 9.17) is 20.9 Å². The fourth-order valence-electron chi connectivity index (χ4n) is 3.55. The molecule has 2 aromatic heterocycles. The molecular formula is C29H31N9O2. The standard InChI is InChI=1S/C18H19N5O.C11H12N4O/c1-24-16-10-6-5-7-14(16)13-20-18(19)21-17-11-12-23(22-17)15-8-3-2-4-9-15;1-16-11(12)13-10-7-8-15(14-10)9-5-3-2-4-6-9/h2-12H,13H2,1H3,(H3,19,20,21,22);2-8H,1H3,(H2,12,13,14). The Morgan fingerprint density at radius 1 is 0.775 bits per heavy atom. The average molecular weight is 538 g/mol. The fourth-order valence-corrected chi connectivity index (χ4v) is 3.55. The molecule has 5 rings (SSSR count). The molecule has 0 saturated heterocycles. The molecule has 0 unspecified atom stereocenters. The second kappa shape index (κ2) is 13.8. The zero-order chi connectivity index (χ0) is 28.2. The number of nitrogens with two attached hydrogens (primary N) is 2. The molecule has 204 valence electrons. The number of nitrogens with zero attached hydrogens (tertiary/aromatic N) is 6. The Balaban J connectivity index is 0.000000201. The summed E-state index contributed by atoms with van der Waals surface area (Å²) >= 11 is 0. The summed E-state index contributed by atoms with van der Waals surface area (Å²) in [5.74, 6) is 2.25. The van der Waals surface area contributed by atoms with Crippen molar-refractivity contribution in [3.63, 3.8) is 0 Å². The summed E-state index contributed by atoms with van der Waals surface area (Å²) in [4.78, 5) is 8.30. The number of anilines is 1. The Morgan fingerprint density at radius 2 is 1.38 bits per heavy atom. The second-order valence-corrected chi connectivity index (χ2v) is 8.23. The first-order valence-electron chi connectivity index (χ1n) is 12.3. The lowest BCUT2D eigenvalue weighted by atomic mass is 10.2. The van der Waals surface area contributed by atoms with Crippen LogP contribution in [-0.2, 0) is 11.3 Å². The third-order valence-corrected chi connectivity index (χ3v) is 5.51. The molecule has 5 N–H and O–H groups in total. The number of hydrogen-bond acceptors (Lipinski definition) is 6. The molecule has 0 aliphatic rings. The molecule has 0 atom stereocenters. The van der Waals surface area contributed by atoms with E-state index in [0.29, 0.717) is 24.1 Å². The van der Waals surface area contributed by atoms with Crippen molar-refractivity contribution in [3.8, 4) is 17.1 Å². The minimum Gasteiger partial charge on any atom is -0.496 e. The van der Waals surface area contributed by atoms with E-state index in [1.165, 1.54) is 7.11 Å². The first kappa shape index (κ1) is 27.5. The molecule has 11 heteroatoms. The monoisotopic (exact) mass is 537 g/mol. The highest BCUT2D eigenvalue weighted by atomic mass is 16.5. The van der Waals surface area contributed by atoms with E-state index in [1.807, 2.05) is 103 Å². The van der Waals surface area contributed by atoms with Crippen LogP contribution in [0.2, 0.25) is 0 Å². The highest BCUT2D eigenvalue weighted by Gasteiger charge is 2.04. The fraction of sp³-hybridized carbons (Fsp3) is 0.103. The molecule has 0 aliphatic carbocycles. The molecule has 0 saturated carbocycles. The Labute approximate surface area is 232 Å². The number of methoxy groups -OCH3 is 2. The van der Waals surface area contributed by atoms with Crippen LogP contribution in [0.15, 0.2) is 119 Å². The van der Waals surface area contributed by atoms with Crippen molar-refractivity contribution in [2.24, 2.45) is 21.5 Å². The molecule has 3 aromatic carbocycles. The van der Waals surface area contributed by atoms with Crippen LogP contribution in [0.4, 0.5) is 11.6 Å². The minimum absolute atomic E-state index is 0.0957. The smallest absolute Gasteiger partial charge is 0.288 e. The van der Waals surface area contributed by atoms with Gasteiger partial charge >= 0.3 is 0 Å². The van der Waals surface area contributed by atoms with Crippen LogP contribution in [0.5, 0.6) is 5.75 Å². The normalized spacial score (nSPS) is 11.3. The first-order valence-corrected chi connectivity index (χ1v) is 12.3. The number of aromatic nitrogens is 4. The Kier molecular flexibility index (Phi) is 9.48. The molecule has 0 spiro atoms. The van der Waals surface area contributed by atoms with Crippen molar-refractivity contribution in [1.29, 1.82) is 0 Å². The molecule has 40 heavy (non-hydrogen) atoms. The number of ether oxygens (including phenoxy) is 2. The van der Waals surface area contributed by atoms with Gasteiger partial charge in [0.1, 0.15) is 5.75 Å². The summed E-state index contributed by atoms with van der Waals surface area (Å²) in [5, 5.41) is 11.7. The number of amidine groups is 1. The molecule has 2 heterocycles. The van der Waals surface area contributed by atoms with Gasteiger partial charge in [0.05, 0.1) is 32.1 Å². The van der Waals surface area contributed by atoms with E-state index in [2.05, 4.69) is 25.5 Å². The van der Waals surface area contributed by atoms with Gasteiger partial charge in [0.25, 0.3) is 6.02 Å². The van der Waals surface area contributed by atoms with Gasteiger partial charge in [0, 0.05) is 30.1 Å². The maximum absolute atomic E-state index is 5.94. The largest absolute Gasteiger partial charge is 0.496 e. The average Bonchev–Trinajstić information content (AvgIpc) is 3.67. The Bertz CT molecular complexity index is 1540. The summed E-state index contributed by atoms with van der Waals surface area (Å²) in [5.41, 5.74) is 14.3. The zero-order valence-corrected chi connectivity index (χ0v) is 22.3. The van der Waals surface area contributed by atoms with E-state index in [0.717, 1.165) is 22.7 Å². The highest BCUT2D eigenvalue weighted by molar-refractivity contribution is 5.91. The lowest BCUT2D eigenvalue weighted by Gasteiger charge is -2.06. The van der Waals surface area contributed by atoms with Gasteiger partial charge in [-0.15, -0.1) is 5.10 Å². The molecular weight excluding hydrogens is 506 g/mol. The zero-order valence-electron chi connectivity index (χ0n) is 22.3. The summed E-state index contributed by atoms with van der Waals surface area (Å²) in [6.07, 6.45) is 3.68. The topological polar surface area (TPSA) is 143 Å². The van der Waals surface area contributed by atoms with Crippen LogP contribution in [0, 0.1) is 0 Å². The van der Waals surface area contributed by atoms with Gasteiger partial charge in [-0.25, -0.2) is 14.4 Å². The van der Waals surface area contributed by atoms with Gasteiger partial charge in [-0.3, -0.25) is 0 Å². The number of rotatable bonds is 7. The minimum atomic E-state index is 0.0957. The molecule has 0 aliphatic heterocycles. The summed E-state index contributed by atoms with van der Waals surface area (Å²) in [6.45, 7) is 0.433. The number of guanidine groups is 1. The van der Waals surface area contributed by atoms with Gasteiger partial charge in [-0.1, -0.05) is 54.6 Å². The molecule has 0 bridgehead atoms. The number of para-hydroxylation sites is 3. The summed E-state index contributed by atoms with van der Waals surface area (Å²) in [7, 11) is 3.10. The van der Waals surface area contributed by atoms with Crippen LogP contribution in [0.1, 0.15) is 5.56 Å². The van der Waals surface area contributed by atoms with E-state index < -0.39 is 0 Å². The van der Waals surface area contributed by atoms with Crippen LogP contribution in [-0.4, -0.2) is 45.8 Å². The van der Waals surface area contributed by atoms with E-state index >= 15 is 0 Å². The lowest BCUT2D eigenvalue weighted by molar-refractivity contribution is 0.397. The quantitative estimate of drug-likeness (QED) is 0.208. The van der Waals surface area contributed by atoms with Gasteiger partial charge in [-0.05, 0) is 30.3 Å². The van der Waals surface area contributed by atoms with Gasteiger partial charge in [0.15, 0.2) is 17.6 Å². The third kappa shape index (κ3) is 7.71. The second-order valence-electron chi connectivity index (χ2n) is 8.23. The maximum Gasteiger partial charge on any atom is 0.288 e. The SMILES string of the molecule is COC(N)=Nc1ccn(-c2ccccc2)n1.COc1ccccc1CN=C(N)Nc1ccn(-c2ccccc2)n1. The van der Waals surface area contributed by atoms with Crippen molar-refractivity contribution in [2.75, 3.05) is 19.5 Å². The predicted octanol–water partition coefficient (Wildman–Crippen LogP) is 4.27. The molecule has 0 amide bonds.